The maximum absolute atomic E-state index is 14.2. The van der Waals surface area contributed by atoms with Gasteiger partial charge in [-0.25, -0.2) is 31.0 Å². The molecule has 4 aromatic rings. The highest BCUT2D eigenvalue weighted by molar-refractivity contribution is 9.10. The van der Waals surface area contributed by atoms with E-state index in [9.17, 15) is 30.8 Å². The molecule has 1 fully saturated rings. The summed E-state index contributed by atoms with van der Waals surface area (Å²) in [6, 6.07) is 10.5. The van der Waals surface area contributed by atoms with Crippen LogP contribution in [0.1, 0.15) is 57.8 Å². The van der Waals surface area contributed by atoms with Gasteiger partial charge >= 0.3 is 0 Å². The molecular weight excluding hydrogens is 656 g/mol. The minimum absolute atomic E-state index is 0.00727. The number of rotatable bonds is 7. The van der Waals surface area contributed by atoms with E-state index in [1.807, 2.05) is 0 Å². The SMILES string of the molecule is O=C(NCc1cc2nc(-c3ccc([C@@H](F)C(F)F)c(C4CC4)n3)ccc2cn1)c1cc(Br)c2c(c1)S(=O)(=O)[C@@H](F)COC2. The predicted octanol–water partition coefficient (Wildman–Crippen LogP) is 6.14. The van der Waals surface area contributed by atoms with E-state index in [0.717, 1.165) is 18.9 Å². The average Bonchev–Trinajstić information content (AvgIpc) is 3.85. The number of nitrogens with one attached hydrogen (secondary N) is 1. The molecule has 43 heavy (non-hydrogen) atoms. The van der Waals surface area contributed by atoms with Crippen molar-refractivity contribution in [3.63, 3.8) is 0 Å². The molecule has 0 unspecified atom stereocenters. The van der Waals surface area contributed by atoms with Crippen molar-refractivity contribution in [1.29, 1.82) is 0 Å². The fourth-order valence-electron chi connectivity index (χ4n) is 4.87. The van der Waals surface area contributed by atoms with Crippen LogP contribution in [-0.4, -0.2) is 47.8 Å². The van der Waals surface area contributed by atoms with Crippen LogP contribution in [0.25, 0.3) is 22.3 Å². The molecule has 1 aliphatic carbocycles. The van der Waals surface area contributed by atoms with Gasteiger partial charge in [-0.2, -0.15) is 0 Å². The summed E-state index contributed by atoms with van der Waals surface area (Å²) in [5, 5.41) is 3.38. The van der Waals surface area contributed by atoms with Crippen LogP contribution in [0.5, 0.6) is 0 Å². The summed E-state index contributed by atoms with van der Waals surface area (Å²) in [5.41, 5.74) is 0.0894. The number of carbonyl (C=O) groups excluding carboxylic acids is 1. The molecule has 6 rings (SSSR count). The zero-order chi connectivity index (χ0) is 30.5. The Hall–Kier alpha value is -3.49. The van der Waals surface area contributed by atoms with Gasteiger partial charge in [-0.1, -0.05) is 22.0 Å². The Balaban J connectivity index is 1.23. The number of fused-ring (bicyclic) bond motifs is 2. The molecule has 0 spiro atoms. The van der Waals surface area contributed by atoms with Gasteiger partial charge in [0.25, 0.3) is 12.3 Å². The van der Waals surface area contributed by atoms with Gasteiger partial charge in [0, 0.05) is 38.7 Å². The Morgan fingerprint density at radius 3 is 2.56 bits per heavy atom. The number of aromatic nitrogens is 3. The zero-order valence-electron chi connectivity index (χ0n) is 22.2. The zero-order valence-corrected chi connectivity index (χ0v) is 24.6. The molecule has 1 saturated carbocycles. The third kappa shape index (κ3) is 5.87. The van der Waals surface area contributed by atoms with Gasteiger partial charge in [0.15, 0.2) is 6.17 Å². The lowest BCUT2D eigenvalue weighted by Gasteiger charge is -2.14. The summed E-state index contributed by atoms with van der Waals surface area (Å²) in [6.07, 6.45) is -2.46. The molecule has 1 aliphatic heterocycles. The quantitative estimate of drug-likeness (QED) is 0.234. The van der Waals surface area contributed by atoms with Crippen LogP contribution in [0.15, 0.2) is 58.0 Å². The topological polar surface area (TPSA) is 111 Å². The molecule has 1 aromatic carbocycles. The number of alkyl halides is 4. The summed E-state index contributed by atoms with van der Waals surface area (Å²) in [5.74, 6) is -0.659. The number of benzene rings is 1. The van der Waals surface area contributed by atoms with E-state index in [2.05, 4.69) is 36.2 Å². The Morgan fingerprint density at radius 1 is 1.07 bits per heavy atom. The lowest BCUT2D eigenvalue weighted by Crippen LogP contribution is -2.24. The standard InChI is InChI=1S/C29H23BrF4N4O4S/c30-20-7-16(8-24-19(20)12-42-13-25(31)43(24,40)41)29(39)36-11-17-9-23-15(10-35-17)3-5-21(37-23)22-6-4-18(26(32)28(33)34)27(38-22)14-1-2-14/h3-10,14,25-26,28H,1-2,11-13H2,(H,36,39)/t25-,26-/m1/s1. The highest BCUT2D eigenvalue weighted by Gasteiger charge is 2.35. The van der Waals surface area contributed by atoms with Gasteiger partial charge in [0.2, 0.25) is 15.3 Å². The predicted molar refractivity (Wildman–Crippen MR) is 152 cm³/mol. The minimum atomic E-state index is -4.35. The van der Waals surface area contributed by atoms with Gasteiger partial charge < -0.3 is 10.1 Å². The number of ether oxygens (including phenoxy) is 1. The van der Waals surface area contributed by atoms with Crippen molar-refractivity contribution >= 4 is 42.6 Å². The maximum Gasteiger partial charge on any atom is 0.273 e. The number of halogens is 5. The first-order valence-electron chi connectivity index (χ1n) is 13.3. The van der Waals surface area contributed by atoms with E-state index in [-0.39, 0.29) is 40.7 Å². The minimum Gasteiger partial charge on any atom is -0.373 e. The van der Waals surface area contributed by atoms with Crippen molar-refractivity contribution in [3.05, 3.63) is 81.2 Å². The van der Waals surface area contributed by atoms with Crippen molar-refractivity contribution in [2.45, 2.75) is 54.9 Å². The van der Waals surface area contributed by atoms with Crippen molar-refractivity contribution in [2.75, 3.05) is 6.61 Å². The fraction of sp³-hybridized carbons (Fsp3) is 0.310. The number of carbonyl (C=O) groups is 1. The number of nitrogens with zero attached hydrogens (tertiary/aromatic N) is 3. The Kier molecular flexibility index (Phi) is 7.94. The second-order valence-corrected chi connectivity index (χ2v) is 13.2. The van der Waals surface area contributed by atoms with Crippen molar-refractivity contribution in [3.8, 4) is 11.4 Å². The summed E-state index contributed by atoms with van der Waals surface area (Å²) in [6.45, 7) is -0.753. The van der Waals surface area contributed by atoms with Crippen LogP contribution in [0.4, 0.5) is 17.6 Å². The molecule has 2 aliphatic rings. The van der Waals surface area contributed by atoms with E-state index in [1.54, 1.807) is 24.4 Å². The van der Waals surface area contributed by atoms with Crippen LogP contribution >= 0.6 is 15.9 Å². The first-order valence-corrected chi connectivity index (χ1v) is 15.6. The summed E-state index contributed by atoms with van der Waals surface area (Å²) < 4.78 is 85.3. The van der Waals surface area contributed by atoms with E-state index < -0.39 is 40.5 Å². The monoisotopic (exact) mass is 678 g/mol. The van der Waals surface area contributed by atoms with Crippen molar-refractivity contribution in [1.82, 2.24) is 20.3 Å². The smallest absolute Gasteiger partial charge is 0.273 e. The van der Waals surface area contributed by atoms with Crippen molar-refractivity contribution < 1.29 is 35.5 Å². The van der Waals surface area contributed by atoms with E-state index in [4.69, 9.17) is 4.74 Å². The molecule has 224 valence electrons. The maximum atomic E-state index is 14.2. The number of amides is 1. The lowest BCUT2D eigenvalue weighted by molar-refractivity contribution is 0.0488. The number of hydrogen-bond donors (Lipinski definition) is 1. The summed E-state index contributed by atoms with van der Waals surface area (Å²) >= 11 is 3.26. The Morgan fingerprint density at radius 2 is 1.81 bits per heavy atom. The highest BCUT2D eigenvalue weighted by atomic mass is 79.9. The molecule has 4 heterocycles. The average molecular weight is 679 g/mol. The highest BCUT2D eigenvalue weighted by Crippen LogP contribution is 2.44. The van der Waals surface area contributed by atoms with Crippen LogP contribution < -0.4 is 5.32 Å². The van der Waals surface area contributed by atoms with Gasteiger partial charge in [-0.05, 0) is 49.2 Å². The third-order valence-corrected chi connectivity index (χ3v) is 9.81. The van der Waals surface area contributed by atoms with Gasteiger partial charge in [-0.15, -0.1) is 0 Å². The fourth-order valence-corrected chi connectivity index (χ4v) is 6.93. The van der Waals surface area contributed by atoms with E-state index in [1.165, 1.54) is 18.2 Å². The molecule has 1 N–H and O–H groups in total. The molecule has 0 radical (unpaired) electrons. The first kappa shape index (κ1) is 29.6. The summed E-state index contributed by atoms with van der Waals surface area (Å²) in [7, 11) is -4.35. The lowest BCUT2D eigenvalue weighted by atomic mass is 10.0. The van der Waals surface area contributed by atoms with E-state index in [0.29, 0.717) is 38.2 Å². The second-order valence-electron chi connectivity index (χ2n) is 10.3. The van der Waals surface area contributed by atoms with Crippen molar-refractivity contribution in [2.24, 2.45) is 0 Å². The molecule has 8 nitrogen and oxygen atoms in total. The molecule has 14 heteroatoms. The number of hydrogen-bond acceptors (Lipinski definition) is 7. The van der Waals surface area contributed by atoms with Crippen LogP contribution in [0.3, 0.4) is 0 Å². The Labute approximate surface area is 252 Å². The molecule has 0 saturated heterocycles. The normalized spacial score (nSPS) is 18.7. The molecule has 3 aromatic heterocycles. The number of sulfone groups is 1. The molecule has 0 bridgehead atoms. The largest absolute Gasteiger partial charge is 0.373 e. The molecule has 2 atom stereocenters. The van der Waals surface area contributed by atoms with Crippen LogP contribution in [-0.2, 0) is 27.7 Å². The number of pyridine rings is 3. The van der Waals surface area contributed by atoms with Gasteiger partial charge in [-0.3, -0.25) is 14.8 Å². The Bertz CT molecular complexity index is 1860. The second kappa shape index (κ2) is 11.5. The van der Waals surface area contributed by atoms with Gasteiger partial charge in [0.1, 0.15) is 0 Å². The van der Waals surface area contributed by atoms with Gasteiger partial charge in [0.05, 0.1) is 52.9 Å². The van der Waals surface area contributed by atoms with E-state index >= 15 is 0 Å². The van der Waals surface area contributed by atoms with Crippen LogP contribution in [0.2, 0.25) is 0 Å². The first-order chi connectivity index (χ1) is 20.5. The summed E-state index contributed by atoms with van der Waals surface area (Å²) in [4.78, 5) is 26.2. The third-order valence-electron chi connectivity index (χ3n) is 7.32. The molecular formula is C29H23BrF4N4O4S. The molecule has 1 amide bonds. The van der Waals surface area contributed by atoms with Crippen LogP contribution in [0, 0.1) is 0 Å².